The number of rotatable bonds is 5. The molecule has 0 atom stereocenters. The number of phenols is 2. The van der Waals surface area contributed by atoms with Crippen molar-refractivity contribution >= 4 is 17.7 Å². The van der Waals surface area contributed by atoms with Gasteiger partial charge in [-0.2, -0.15) is 4.59 Å². The van der Waals surface area contributed by atoms with Crippen molar-refractivity contribution < 1.29 is 15.0 Å². The molecule has 0 aromatic heterocycles. The maximum absolute atomic E-state index is 12.6. The quantitative estimate of drug-likeness (QED) is 0.295. The second-order valence-electron chi connectivity index (χ2n) is 8.05. The summed E-state index contributed by atoms with van der Waals surface area (Å²) in [5.41, 5.74) is 6.84. The predicted octanol–water partition coefficient (Wildman–Crippen LogP) is 5.28. The number of hydrogen-bond acceptors (Lipinski definition) is 4. The number of benzene rings is 4. The first-order valence-electron chi connectivity index (χ1n) is 10.7. The van der Waals surface area contributed by atoms with Gasteiger partial charge < -0.3 is 10.2 Å². The Bertz CT molecular complexity index is 1210. The molecule has 0 bridgehead atoms. The van der Waals surface area contributed by atoms with Gasteiger partial charge in [-0.25, -0.2) is 0 Å². The third-order valence-electron chi connectivity index (χ3n) is 6.16. The zero-order chi connectivity index (χ0) is 22.9. The number of aromatic hydroxyl groups is 2. The highest BCUT2D eigenvalue weighted by Gasteiger charge is 2.54. The summed E-state index contributed by atoms with van der Waals surface area (Å²) in [6.07, 6.45) is 2.79. The minimum absolute atomic E-state index is 0.0123. The Balaban J connectivity index is 1.82. The normalized spacial score (nSPS) is 16.2. The lowest BCUT2D eigenvalue weighted by molar-refractivity contribution is -0.105. The van der Waals surface area contributed by atoms with E-state index in [1.807, 2.05) is 91.1 Å². The Labute approximate surface area is 192 Å². The van der Waals surface area contributed by atoms with Gasteiger partial charge in [-0.05, 0) is 35.4 Å². The van der Waals surface area contributed by atoms with E-state index in [4.69, 9.17) is 0 Å². The molecular weight excluding hydrogens is 412 g/mol. The van der Waals surface area contributed by atoms with Gasteiger partial charge >= 0.3 is 0 Å². The van der Waals surface area contributed by atoms with E-state index < -0.39 is 5.54 Å². The van der Waals surface area contributed by atoms with Crippen LogP contribution in [0.25, 0.3) is 0 Å². The molecule has 0 amide bonds. The molecule has 162 valence electrons. The molecule has 33 heavy (non-hydrogen) atoms. The van der Waals surface area contributed by atoms with Crippen molar-refractivity contribution in [2.45, 2.75) is 5.54 Å². The third-order valence-corrected chi connectivity index (χ3v) is 6.16. The van der Waals surface area contributed by atoms with Crippen LogP contribution >= 0.6 is 0 Å². The first-order valence-corrected chi connectivity index (χ1v) is 10.7. The number of nitrogens with one attached hydrogen (secondary N) is 1. The molecule has 3 N–H and O–H groups in total. The number of carbonyl (C=O) groups excluding carboxylic acids is 1. The first kappa shape index (κ1) is 20.7. The molecule has 0 saturated carbocycles. The van der Waals surface area contributed by atoms with E-state index in [0.29, 0.717) is 5.57 Å². The van der Waals surface area contributed by atoms with Crippen LogP contribution in [0.5, 0.6) is 11.5 Å². The minimum atomic E-state index is -0.931. The average Bonchev–Trinajstić information content (AvgIpc) is 3.23. The van der Waals surface area contributed by atoms with Crippen LogP contribution in [0.1, 0.15) is 11.1 Å². The molecule has 4 aromatic rings. The van der Waals surface area contributed by atoms with E-state index in [1.165, 1.54) is 0 Å². The van der Waals surface area contributed by atoms with E-state index in [2.05, 4.69) is 5.43 Å². The number of nitrogens with zero attached hydrogens (tertiary/aromatic N) is 1. The molecule has 0 unspecified atom stereocenters. The van der Waals surface area contributed by atoms with Crippen molar-refractivity contribution in [1.82, 2.24) is 10.0 Å². The summed E-state index contributed by atoms with van der Waals surface area (Å²) in [6.45, 7) is 0. The van der Waals surface area contributed by atoms with Gasteiger partial charge in [-0.15, -0.1) is 5.43 Å². The maximum atomic E-state index is 12.6. The van der Waals surface area contributed by atoms with Crippen molar-refractivity contribution in [1.29, 1.82) is 0 Å². The van der Waals surface area contributed by atoms with Crippen molar-refractivity contribution in [3.63, 3.8) is 0 Å². The standard InChI is InChI=1S/C28H22N2O3/c31-20-23-19-30(24-11-15-26(32)16-12-24,25-13-17-27(33)18-14-25)29-28(23,21-7-3-1-4-8-21)22-9-5-2-6-10-22/h1-20,29H,(H-,32,33)/p+1. The number of quaternary nitrogens is 1. The lowest BCUT2D eigenvalue weighted by atomic mass is 9.79. The molecule has 1 heterocycles. The zero-order valence-corrected chi connectivity index (χ0v) is 17.8. The SMILES string of the molecule is O=CC1=C[N+](c2ccc(O)cc2)(c2ccc(O)cc2)NC1(c1ccccc1)c1ccccc1. The average molecular weight is 436 g/mol. The molecule has 0 aliphatic carbocycles. The number of carbonyl (C=O) groups is 1. The second kappa shape index (κ2) is 8.06. The fourth-order valence-corrected chi connectivity index (χ4v) is 4.59. The predicted molar refractivity (Wildman–Crippen MR) is 129 cm³/mol. The van der Waals surface area contributed by atoms with Gasteiger partial charge in [0.2, 0.25) is 0 Å². The van der Waals surface area contributed by atoms with Gasteiger partial charge in [0, 0.05) is 24.3 Å². The Hall–Kier alpha value is -4.19. The molecule has 0 saturated heterocycles. The van der Waals surface area contributed by atoms with Crippen molar-refractivity contribution in [2.75, 3.05) is 0 Å². The topological polar surface area (TPSA) is 69.6 Å². The molecule has 5 heteroatoms. The van der Waals surface area contributed by atoms with Gasteiger partial charge in [0.15, 0.2) is 23.2 Å². The summed E-state index contributed by atoms with van der Waals surface area (Å²) in [6, 6.07) is 33.5. The van der Waals surface area contributed by atoms with E-state index in [-0.39, 0.29) is 16.1 Å². The van der Waals surface area contributed by atoms with Gasteiger partial charge in [0.1, 0.15) is 17.7 Å². The lowest BCUT2D eigenvalue weighted by Crippen LogP contribution is -2.56. The zero-order valence-electron chi connectivity index (χ0n) is 17.8. The number of phenolic OH excluding ortho intramolecular Hbond substituents is 2. The smallest absolute Gasteiger partial charge is 0.162 e. The summed E-state index contributed by atoms with van der Waals surface area (Å²) in [7, 11) is 0. The van der Waals surface area contributed by atoms with E-state index in [1.54, 1.807) is 24.3 Å². The fraction of sp³-hybridized carbons (Fsp3) is 0.0357. The maximum Gasteiger partial charge on any atom is 0.162 e. The molecular formula is C28H23N2O3+. The van der Waals surface area contributed by atoms with Gasteiger partial charge in [-0.3, -0.25) is 4.79 Å². The van der Waals surface area contributed by atoms with Crippen LogP contribution in [0.3, 0.4) is 0 Å². The summed E-state index contributed by atoms with van der Waals surface area (Å²) in [5.74, 6) is 0.303. The summed E-state index contributed by atoms with van der Waals surface area (Å²) < 4.78 is 0.0123. The van der Waals surface area contributed by atoms with Crippen LogP contribution in [0.15, 0.2) is 121 Å². The fourth-order valence-electron chi connectivity index (χ4n) is 4.59. The van der Waals surface area contributed by atoms with E-state index >= 15 is 0 Å². The second-order valence-corrected chi connectivity index (χ2v) is 8.05. The van der Waals surface area contributed by atoms with Crippen LogP contribution in [-0.2, 0) is 10.3 Å². The Morgan fingerprint density at radius 2 is 1.06 bits per heavy atom. The van der Waals surface area contributed by atoms with E-state index in [0.717, 1.165) is 28.8 Å². The van der Waals surface area contributed by atoms with Crippen molar-refractivity contribution in [2.24, 2.45) is 0 Å². The van der Waals surface area contributed by atoms with Crippen LogP contribution < -0.4 is 10.0 Å². The minimum Gasteiger partial charge on any atom is -0.508 e. The van der Waals surface area contributed by atoms with Gasteiger partial charge in [-0.1, -0.05) is 60.7 Å². The molecule has 1 aliphatic rings. The highest BCUT2D eigenvalue weighted by molar-refractivity contribution is 5.84. The largest absolute Gasteiger partial charge is 0.508 e. The van der Waals surface area contributed by atoms with Crippen LogP contribution in [0.2, 0.25) is 0 Å². The van der Waals surface area contributed by atoms with E-state index in [9.17, 15) is 15.0 Å². The molecule has 0 radical (unpaired) electrons. The molecule has 1 aliphatic heterocycles. The number of aldehydes is 1. The summed E-state index contributed by atoms with van der Waals surface area (Å²) in [5, 5.41) is 19.8. The summed E-state index contributed by atoms with van der Waals surface area (Å²) in [4.78, 5) is 12.6. The molecule has 5 rings (SSSR count). The number of hydrogen-bond donors (Lipinski definition) is 3. The Morgan fingerprint density at radius 1 is 0.636 bits per heavy atom. The Kier molecular flexibility index (Phi) is 5.05. The first-order chi connectivity index (χ1) is 16.1. The van der Waals surface area contributed by atoms with Gasteiger partial charge in [0.25, 0.3) is 0 Å². The van der Waals surface area contributed by atoms with Crippen LogP contribution in [0, 0.1) is 0 Å². The van der Waals surface area contributed by atoms with Crippen molar-refractivity contribution in [3.05, 3.63) is 132 Å². The lowest BCUT2D eigenvalue weighted by Gasteiger charge is -2.37. The molecule has 4 aromatic carbocycles. The summed E-state index contributed by atoms with van der Waals surface area (Å²) >= 11 is 0. The third kappa shape index (κ3) is 3.31. The van der Waals surface area contributed by atoms with Gasteiger partial charge in [0.05, 0.1) is 5.57 Å². The highest BCUT2D eigenvalue weighted by atomic mass is 16.3. The molecule has 0 fully saturated rings. The molecule has 5 nitrogen and oxygen atoms in total. The van der Waals surface area contributed by atoms with Crippen molar-refractivity contribution in [3.8, 4) is 11.5 Å². The Morgan fingerprint density at radius 3 is 1.45 bits per heavy atom. The van der Waals surface area contributed by atoms with Crippen LogP contribution in [-0.4, -0.2) is 16.5 Å². The van der Waals surface area contributed by atoms with Crippen LogP contribution in [0.4, 0.5) is 11.4 Å². The molecule has 0 spiro atoms. The highest BCUT2D eigenvalue weighted by Crippen LogP contribution is 2.48. The monoisotopic (exact) mass is 435 g/mol.